The number of hydrogen-bond acceptors (Lipinski definition) is 5. The van der Waals surface area contributed by atoms with E-state index >= 15 is 0 Å². The zero-order chi connectivity index (χ0) is 20.0. The number of amides is 2. The van der Waals surface area contributed by atoms with Crippen molar-refractivity contribution in [2.24, 2.45) is 5.92 Å². The predicted molar refractivity (Wildman–Crippen MR) is 114 cm³/mol. The van der Waals surface area contributed by atoms with Gasteiger partial charge in [-0.3, -0.25) is 14.5 Å². The zero-order valence-corrected chi connectivity index (χ0v) is 17.6. The standard InChI is InChI=1S/C22H26N4O2S/c1-2-25-9-8-18-19(13-25)29-22(23-18)24-21(28)16-11-20(27)26(12-16)17-7-6-14-4-3-5-15(14)10-17/h6-7,10,16H,2-5,8-9,11-13H2,1H3,(H,23,24,28). The van der Waals surface area contributed by atoms with Gasteiger partial charge in [0.05, 0.1) is 11.6 Å². The van der Waals surface area contributed by atoms with Crippen LogP contribution in [0.2, 0.25) is 0 Å². The second-order valence-corrected chi connectivity index (χ2v) is 9.29. The van der Waals surface area contributed by atoms with E-state index in [1.54, 1.807) is 16.2 Å². The summed E-state index contributed by atoms with van der Waals surface area (Å²) in [6.07, 6.45) is 4.59. The second-order valence-electron chi connectivity index (χ2n) is 8.21. The van der Waals surface area contributed by atoms with Crippen LogP contribution in [0.15, 0.2) is 18.2 Å². The molecule has 5 rings (SSSR count). The molecular weight excluding hydrogens is 384 g/mol. The lowest BCUT2D eigenvalue weighted by Gasteiger charge is -2.23. The number of anilines is 2. The van der Waals surface area contributed by atoms with E-state index in [1.165, 1.54) is 22.4 Å². The van der Waals surface area contributed by atoms with E-state index in [0.717, 1.165) is 50.3 Å². The van der Waals surface area contributed by atoms with Crippen LogP contribution in [0.1, 0.15) is 41.5 Å². The highest BCUT2D eigenvalue weighted by molar-refractivity contribution is 7.15. The molecule has 0 radical (unpaired) electrons. The Bertz CT molecular complexity index is 970. The number of aryl methyl sites for hydroxylation is 2. The third-order valence-electron chi connectivity index (χ3n) is 6.38. The number of carbonyl (C=O) groups excluding carboxylic acids is 2. The topological polar surface area (TPSA) is 65.5 Å². The van der Waals surface area contributed by atoms with E-state index in [9.17, 15) is 9.59 Å². The summed E-state index contributed by atoms with van der Waals surface area (Å²) in [5.41, 5.74) is 4.77. The summed E-state index contributed by atoms with van der Waals surface area (Å²) in [5, 5.41) is 3.65. The molecule has 1 aliphatic carbocycles. The van der Waals surface area contributed by atoms with Gasteiger partial charge in [0, 0.05) is 43.0 Å². The van der Waals surface area contributed by atoms with Gasteiger partial charge < -0.3 is 10.2 Å². The molecule has 0 spiro atoms. The monoisotopic (exact) mass is 410 g/mol. The summed E-state index contributed by atoms with van der Waals surface area (Å²) in [6, 6.07) is 6.30. The molecule has 1 aromatic heterocycles. The van der Waals surface area contributed by atoms with Gasteiger partial charge in [0.2, 0.25) is 11.8 Å². The maximum absolute atomic E-state index is 12.8. The Labute approximate surface area is 174 Å². The lowest BCUT2D eigenvalue weighted by atomic mass is 10.1. The van der Waals surface area contributed by atoms with E-state index in [1.807, 2.05) is 6.07 Å². The molecular formula is C22H26N4O2S. The summed E-state index contributed by atoms with van der Waals surface area (Å²) in [5.74, 6) is -0.399. The molecule has 6 nitrogen and oxygen atoms in total. The van der Waals surface area contributed by atoms with Crippen LogP contribution in [0.25, 0.3) is 0 Å². The van der Waals surface area contributed by atoms with Crippen molar-refractivity contribution in [2.45, 2.75) is 45.6 Å². The number of benzene rings is 1. The van der Waals surface area contributed by atoms with Gasteiger partial charge in [-0.25, -0.2) is 4.98 Å². The number of nitrogens with zero attached hydrogens (tertiary/aromatic N) is 3. The molecule has 0 bridgehead atoms. The number of nitrogens with one attached hydrogen (secondary N) is 1. The van der Waals surface area contributed by atoms with Crippen LogP contribution in [-0.2, 0) is 35.4 Å². The summed E-state index contributed by atoms with van der Waals surface area (Å²) >= 11 is 1.57. The molecule has 0 saturated carbocycles. The number of aromatic nitrogens is 1. The van der Waals surface area contributed by atoms with Crippen LogP contribution in [0.4, 0.5) is 10.8 Å². The molecule has 2 amide bonds. The van der Waals surface area contributed by atoms with Gasteiger partial charge in [-0.15, -0.1) is 11.3 Å². The molecule has 29 heavy (non-hydrogen) atoms. The van der Waals surface area contributed by atoms with E-state index in [2.05, 4.69) is 34.3 Å². The van der Waals surface area contributed by atoms with E-state index < -0.39 is 0 Å². The molecule has 3 heterocycles. The first-order chi connectivity index (χ1) is 14.1. The maximum atomic E-state index is 12.8. The van der Waals surface area contributed by atoms with E-state index in [4.69, 9.17) is 0 Å². The molecule has 2 aromatic rings. The van der Waals surface area contributed by atoms with Crippen molar-refractivity contribution < 1.29 is 9.59 Å². The van der Waals surface area contributed by atoms with Crippen LogP contribution in [0.5, 0.6) is 0 Å². The zero-order valence-electron chi connectivity index (χ0n) is 16.7. The number of rotatable bonds is 4. The Morgan fingerprint density at radius 2 is 2.14 bits per heavy atom. The van der Waals surface area contributed by atoms with Gasteiger partial charge in [-0.05, 0) is 49.1 Å². The first-order valence-corrected chi connectivity index (χ1v) is 11.4. The molecule has 152 valence electrons. The van der Waals surface area contributed by atoms with E-state index in [0.29, 0.717) is 11.7 Å². The molecule has 1 N–H and O–H groups in total. The number of likely N-dealkylation sites (N-methyl/N-ethyl adjacent to an activating group) is 1. The fourth-order valence-electron chi connectivity index (χ4n) is 4.64. The first-order valence-electron chi connectivity index (χ1n) is 10.5. The smallest absolute Gasteiger partial charge is 0.231 e. The highest BCUT2D eigenvalue weighted by atomic mass is 32.1. The van der Waals surface area contributed by atoms with Crippen molar-refractivity contribution in [3.05, 3.63) is 39.9 Å². The molecule has 1 saturated heterocycles. The Hall–Kier alpha value is -2.25. The minimum absolute atomic E-state index is 0.0279. The van der Waals surface area contributed by atoms with Crippen LogP contribution < -0.4 is 10.2 Å². The minimum atomic E-state index is -0.330. The third-order valence-corrected chi connectivity index (χ3v) is 7.38. The molecule has 1 atom stereocenters. The molecule has 1 aromatic carbocycles. The average Bonchev–Trinajstić information content (AvgIpc) is 3.43. The minimum Gasteiger partial charge on any atom is -0.312 e. The maximum Gasteiger partial charge on any atom is 0.231 e. The fourth-order valence-corrected chi connectivity index (χ4v) is 5.69. The summed E-state index contributed by atoms with van der Waals surface area (Å²) in [7, 11) is 0. The molecule has 1 fully saturated rings. The van der Waals surface area contributed by atoms with Crippen molar-refractivity contribution in [1.29, 1.82) is 0 Å². The second kappa shape index (κ2) is 7.54. The van der Waals surface area contributed by atoms with Crippen LogP contribution >= 0.6 is 11.3 Å². The van der Waals surface area contributed by atoms with Crippen LogP contribution in [-0.4, -0.2) is 41.3 Å². The molecule has 3 aliphatic rings. The van der Waals surface area contributed by atoms with Crippen molar-refractivity contribution in [1.82, 2.24) is 9.88 Å². The lowest BCUT2D eigenvalue weighted by Crippen LogP contribution is -2.29. The SMILES string of the molecule is CCN1CCc2nc(NC(=O)C3CC(=O)N(c4ccc5c(c4)CCC5)C3)sc2C1. The quantitative estimate of drug-likeness (QED) is 0.842. The van der Waals surface area contributed by atoms with Gasteiger partial charge in [0.1, 0.15) is 0 Å². The van der Waals surface area contributed by atoms with Crippen LogP contribution in [0.3, 0.4) is 0 Å². The first kappa shape index (κ1) is 18.8. The van der Waals surface area contributed by atoms with Crippen LogP contribution in [0, 0.1) is 5.92 Å². The number of carbonyl (C=O) groups is 2. The largest absolute Gasteiger partial charge is 0.312 e. The Balaban J connectivity index is 1.26. The Kier molecular flexibility index (Phi) is 4.87. The number of hydrogen-bond donors (Lipinski definition) is 1. The third kappa shape index (κ3) is 3.57. The van der Waals surface area contributed by atoms with Crippen molar-refractivity contribution in [3.63, 3.8) is 0 Å². The average molecular weight is 411 g/mol. The summed E-state index contributed by atoms with van der Waals surface area (Å²) in [6.45, 7) is 5.57. The lowest BCUT2D eigenvalue weighted by molar-refractivity contribution is -0.122. The van der Waals surface area contributed by atoms with Crippen molar-refractivity contribution in [2.75, 3.05) is 29.9 Å². The molecule has 1 unspecified atom stereocenters. The Morgan fingerprint density at radius 3 is 3.00 bits per heavy atom. The number of fused-ring (bicyclic) bond motifs is 2. The Morgan fingerprint density at radius 1 is 1.28 bits per heavy atom. The normalized spacial score (nSPS) is 21.3. The van der Waals surface area contributed by atoms with E-state index in [-0.39, 0.29) is 24.2 Å². The summed E-state index contributed by atoms with van der Waals surface area (Å²) in [4.78, 5) is 35.5. The highest BCUT2D eigenvalue weighted by Crippen LogP contribution is 2.32. The molecule has 2 aliphatic heterocycles. The van der Waals surface area contributed by atoms with Gasteiger partial charge in [-0.2, -0.15) is 0 Å². The fraction of sp³-hybridized carbons (Fsp3) is 0.500. The van der Waals surface area contributed by atoms with Crippen molar-refractivity contribution >= 4 is 34.0 Å². The molecule has 7 heteroatoms. The summed E-state index contributed by atoms with van der Waals surface area (Å²) < 4.78 is 0. The van der Waals surface area contributed by atoms with Gasteiger partial charge in [0.25, 0.3) is 0 Å². The van der Waals surface area contributed by atoms with Gasteiger partial charge in [0.15, 0.2) is 5.13 Å². The van der Waals surface area contributed by atoms with Crippen molar-refractivity contribution in [3.8, 4) is 0 Å². The highest BCUT2D eigenvalue weighted by Gasteiger charge is 2.36. The van der Waals surface area contributed by atoms with Gasteiger partial charge in [-0.1, -0.05) is 13.0 Å². The number of thiazole rings is 1. The van der Waals surface area contributed by atoms with Gasteiger partial charge >= 0.3 is 0 Å². The predicted octanol–water partition coefficient (Wildman–Crippen LogP) is 3.00.